The highest BCUT2D eigenvalue weighted by Crippen LogP contribution is 2.29. The van der Waals surface area contributed by atoms with Crippen molar-refractivity contribution in [3.63, 3.8) is 0 Å². The molecule has 112 valence electrons. The molecule has 4 N–H and O–H groups in total. The van der Waals surface area contributed by atoms with Crippen LogP contribution >= 0.6 is 11.6 Å². The summed E-state index contributed by atoms with van der Waals surface area (Å²) in [5.74, 6) is 5.03. The zero-order chi connectivity index (χ0) is 15.4. The van der Waals surface area contributed by atoms with Crippen molar-refractivity contribution >= 4 is 28.9 Å². The van der Waals surface area contributed by atoms with Gasteiger partial charge in [-0.15, -0.1) is 0 Å². The van der Waals surface area contributed by atoms with Crippen LogP contribution in [0, 0.1) is 11.6 Å². The second-order valence-corrected chi connectivity index (χ2v) is 4.73. The van der Waals surface area contributed by atoms with Crippen LogP contribution in [0.2, 0.25) is 5.02 Å². The van der Waals surface area contributed by atoms with Crippen molar-refractivity contribution < 1.29 is 8.78 Å². The first-order valence-corrected chi connectivity index (χ1v) is 6.67. The topological polar surface area (TPSA) is 75.9 Å². The zero-order valence-electron chi connectivity index (χ0n) is 11.3. The summed E-state index contributed by atoms with van der Waals surface area (Å²) >= 11 is 5.83. The summed E-state index contributed by atoms with van der Waals surface area (Å²) in [7, 11) is 0. The lowest BCUT2D eigenvalue weighted by atomic mass is 10.3. The number of halogens is 3. The first-order chi connectivity index (χ1) is 10.0. The molecule has 0 aliphatic heterocycles. The van der Waals surface area contributed by atoms with Crippen molar-refractivity contribution in [2.24, 2.45) is 5.84 Å². The molecule has 2 rings (SSSR count). The van der Waals surface area contributed by atoms with E-state index in [0.29, 0.717) is 23.9 Å². The molecule has 0 spiro atoms. The van der Waals surface area contributed by atoms with E-state index < -0.39 is 11.6 Å². The molecule has 0 bridgehead atoms. The Hall–Kier alpha value is -1.99. The highest BCUT2D eigenvalue weighted by Gasteiger charge is 2.12. The Morgan fingerprint density at radius 2 is 1.90 bits per heavy atom. The monoisotopic (exact) mass is 313 g/mol. The number of nitrogens with two attached hydrogens (primary N) is 1. The summed E-state index contributed by atoms with van der Waals surface area (Å²) in [6.07, 6.45) is 1.49. The fourth-order valence-corrected chi connectivity index (χ4v) is 2.00. The minimum atomic E-state index is -0.807. The Kier molecular flexibility index (Phi) is 4.87. The molecule has 1 aromatic carbocycles. The van der Waals surface area contributed by atoms with Gasteiger partial charge in [-0.05, 0) is 12.5 Å². The van der Waals surface area contributed by atoms with E-state index in [2.05, 4.69) is 20.7 Å². The molecule has 2 aromatic rings. The number of anilines is 3. The molecule has 0 aliphatic rings. The van der Waals surface area contributed by atoms with Crippen LogP contribution in [-0.2, 0) is 6.42 Å². The van der Waals surface area contributed by atoms with Gasteiger partial charge in [-0.3, -0.25) is 0 Å². The Morgan fingerprint density at radius 1 is 1.19 bits per heavy atom. The summed E-state index contributed by atoms with van der Waals surface area (Å²) in [4.78, 5) is 8.40. The molecule has 0 radical (unpaired) electrons. The lowest BCUT2D eigenvalue weighted by Gasteiger charge is -2.11. The largest absolute Gasteiger partial charge is 0.336 e. The third-order valence-corrected chi connectivity index (χ3v) is 2.95. The van der Waals surface area contributed by atoms with E-state index in [1.807, 2.05) is 6.92 Å². The molecule has 5 nitrogen and oxygen atoms in total. The molecule has 21 heavy (non-hydrogen) atoms. The van der Waals surface area contributed by atoms with Gasteiger partial charge in [0.15, 0.2) is 5.82 Å². The Labute approximate surface area is 125 Å². The van der Waals surface area contributed by atoms with E-state index in [9.17, 15) is 8.78 Å². The van der Waals surface area contributed by atoms with Gasteiger partial charge in [0.25, 0.3) is 0 Å². The Morgan fingerprint density at radius 3 is 2.52 bits per heavy atom. The smallest absolute Gasteiger partial charge is 0.151 e. The number of benzene rings is 1. The third kappa shape index (κ3) is 3.77. The van der Waals surface area contributed by atoms with Crippen LogP contribution in [0.5, 0.6) is 0 Å². The SMILES string of the molecule is CCCc1nc(NN)cc(Nc2c(F)cc(F)cc2Cl)n1. The molecule has 0 saturated heterocycles. The molecule has 0 amide bonds. The molecule has 8 heteroatoms. The minimum Gasteiger partial charge on any atom is -0.336 e. The highest BCUT2D eigenvalue weighted by atomic mass is 35.5. The van der Waals surface area contributed by atoms with Crippen molar-refractivity contribution in [2.45, 2.75) is 19.8 Å². The number of aromatic nitrogens is 2. The van der Waals surface area contributed by atoms with E-state index in [0.717, 1.165) is 18.6 Å². The lowest BCUT2D eigenvalue weighted by Crippen LogP contribution is -2.11. The Balaban J connectivity index is 2.37. The highest BCUT2D eigenvalue weighted by molar-refractivity contribution is 6.33. The van der Waals surface area contributed by atoms with Crippen molar-refractivity contribution in [1.82, 2.24) is 9.97 Å². The van der Waals surface area contributed by atoms with Gasteiger partial charge in [0.2, 0.25) is 0 Å². The second-order valence-electron chi connectivity index (χ2n) is 4.32. The number of aryl methyl sites for hydroxylation is 1. The Bertz CT molecular complexity index is 627. The van der Waals surface area contributed by atoms with Gasteiger partial charge in [-0.2, -0.15) is 0 Å². The zero-order valence-corrected chi connectivity index (χ0v) is 12.0. The molecule has 0 fully saturated rings. The average molecular weight is 314 g/mol. The number of hydrogen-bond acceptors (Lipinski definition) is 5. The summed E-state index contributed by atoms with van der Waals surface area (Å²) in [5.41, 5.74) is 2.36. The maximum absolute atomic E-state index is 13.8. The van der Waals surface area contributed by atoms with Crippen LogP contribution in [0.4, 0.5) is 26.1 Å². The van der Waals surface area contributed by atoms with E-state index >= 15 is 0 Å². The van der Waals surface area contributed by atoms with Gasteiger partial charge < -0.3 is 10.7 Å². The van der Waals surface area contributed by atoms with E-state index in [1.165, 1.54) is 6.07 Å². The van der Waals surface area contributed by atoms with Crippen LogP contribution in [0.25, 0.3) is 0 Å². The standard InChI is InChI=1S/C13H14ClF2N5/c1-2-3-10-18-11(6-12(19-10)21-17)20-13-8(14)4-7(15)5-9(13)16/h4-6H,2-3,17H2,1H3,(H2,18,19,20,21). The molecule has 0 atom stereocenters. The van der Waals surface area contributed by atoms with Crippen molar-refractivity contribution in [3.05, 3.63) is 40.7 Å². The van der Waals surface area contributed by atoms with Crippen molar-refractivity contribution in [2.75, 3.05) is 10.7 Å². The summed E-state index contributed by atoms with van der Waals surface area (Å²) in [6.45, 7) is 1.98. The van der Waals surface area contributed by atoms with Crippen molar-refractivity contribution in [3.8, 4) is 0 Å². The van der Waals surface area contributed by atoms with Gasteiger partial charge in [0.1, 0.15) is 23.3 Å². The first kappa shape index (κ1) is 15.4. The van der Waals surface area contributed by atoms with Gasteiger partial charge in [0, 0.05) is 18.6 Å². The normalized spacial score (nSPS) is 10.5. The number of hydrazine groups is 1. The van der Waals surface area contributed by atoms with Crippen molar-refractivity contribution in [1.29, 1.82) is 0 Å². The second kappa shape index (κ2) is 6.64. The maximum atomic E-state index is 13.8. The predicted octanol–water partition coefficient (Wildman–Crippen LogP) is 3.39. The predicted molar refractivity (Wildman–Crippen MR) is 78.5 cm³/mol. The summed E-state index contributed by atoms with van der Waals surface area (Å²) in [6, 6.07) is 3.26. The van der Waals surface area contributed by atoms with Gasteiger partial charge in [0.05, 0.1) is 10.7 Å². The number of nitrogens with one attached hydrogen (secondary N) is 2. The van der Waals surface area contributed by atoms with Gasteiger partial charge in [-0.25, -0.2) is 24.6 Å². The van der Waals surface area contributed by atoms with Crippen LogP contribution in [0.3, 0.4) is 0 Å². The average Bonchev–Trinajstić information content (AvgIpc) is 2.43. The van der Waals surface area contributed by atoms with E-state index in [4.69, 9.17) is 17.4 Å². The van der Waals surface area contributed by atoms with E-state index in [1.54, 1.807) is 0 Å². The molecule has 0 aliphatic carbocycles. The van der Waals surface area contributed by atoms with Crippen LogP contribution in [0.1, 0.15) is 19.2 Å². The van der Waals surface area contributed by atoms with Gasteiger partial charge in [-0.1, -0.05) is 18.5 Å². The number of nitrogen functional groups attached to an aromatic ring is 1. The molecular weight excluding hydrogens is 300 g/mol. The van der Waals surface area contributed by atoms with Crippen LogP contribution < -0.4 is 16.6 Å². The fourth-order valence-electron chi connectivity index (χ4n) is 1.76. The molecular formula is C13H14ClF2N5. The van der Waals surface area contributed by atoms with E-state index in [-0.39, 0.29) is 10.7 Å². The molecule has 0 unspecified atom stereocenters. The van der Waals surface area contributed by atoms with Crippen LogP contribution in [0.15, 0.2) is 18.2 Å². The maximum Gasteiger partial charge on any atom is 0.151 e. The van der Waals surface area contributed by atoms with Crippen LogP contribution in [-0.4, -0.2) is 9.97 Å². The quantitative estimate of drug-likeness (QED) is 0.582. The number of nitrogens with zero attached hydrogens (tertiary/aromatic N) is 2. The van der Waals surface area contributed by atoms with Gasteiger partial charge >= 0.3 is 0 Å². The third-order valence-electron chi connectivity index (χ3n) is 2.65. The first-order valence-electron chi connectivity index (χ1n) is 6.29. The molecule has 1 heterocycles. The minimum absolute atomic E-state index is 0.0535. The summed E-state index contributed by atoms with van der Waals surface area (Å²) < 4.78 is 26.8. The fraction of sp³-hybridized carbons (Fsp3) is 0.231. The summed E-state index contributed by atoms with van der Waals surface area (Å²) in [5, 5.41) is 2.64. The lowest BCUT2D eigenvalue weighted by molar-refractivity contribution is 0.586. The molecule has 1 aromatic heterocycles. The number of rotatable bonds is 5. The molecule has 0 saturated carbocycles. The number of hydrogen-bond donors (Lipinski definition) is 3.